The van der Waals surface area contributed by atoms with Crippen molar-refractivity contribution in [2.24, 2.45) is 0 Å². The lowest BCUT2D eigenvalue weighted by atomic mass is 9.84. The smallest absolute Gasteiger partial charge is 0.0954 e. The highest BCUT2D eigenvalue weighted by atomic mass is 32.2. The van der Waals surface area contributed by atoms with Crippen LogP contribution >= 0.6 is 11.8 Å². The predicted octanol–water partition coefficient (Wildman–Crippen LogP) is 6.35. The fourth-order valence-corrected chi connectivity index (χ4v) is 4.86. The summed E-state index contributed by atoms with van der Waals surface area (Å²) in [6, 6.07) is 40.1. The zero-order valence-corrected chi connectivity index (χ0v) is 15.8. The van der Waals surface area contributed by atoms with Crippen molar-refractivity contribution in [3.8, 4) is 0 Å². The maximum Gasteiger partial charge on any atom is 0.0954 e. The topological polar surface area (TPSA) is 26.0 Å². The van der Waals surface area contributed by atoms with Crippen molar-refractivity contribution in [2.45, 2.75) is 9.64 Å². The Bertz CT molecular complexity index is 901. The lowest BCUT2D eigenvalue weighted by molar-refractivity contribution is 0.894. The average molecular weight is 368 g/mol. The molecule has 0 radical (unpaired) electrons. The third kappa shape index (κ3) is 3.36. The first-order chi connectivity index (χ1) is 13.3. The van der Waals surface area contributed by atoms with E-state index in [9.17, 15) is 0 Å². The number of hydrogen-bond donors (Lipinski definition) is 1. The first kappa shape index (κ1) is 17.4. The molecule has 2 heteroatoms. The summed E-state index contributed by atoms with van der Waals surface area (Å²) < 4.78 is -0.390. The van der Waals surface area contributed by atoms with E-state index in [0.29, 0.717) is 0 Å². The minimum Gasteiger partial charge on any atom is -0.398 e. The summed E-state index contributed by atoms with van der Waals surface area (Å²) in [6.07, 6.45) is 0. The maximum atomic E-state index is 6.34. The molecule has 0 atom stereocenters. The van der Waals surface area contributed by atoms with Gasteiger partial charge in [-0.3, -0.25) is 0 Å². The molecular weight excluding hydrogens is 346 g/mol. The predicted molar refractivity (Wildman–Crippen MR) is 116 cm³/mol. The minimum atomic E-state index is -0.390. The van der Waals surface area contributed by atoms with E-state index in [4.69, 9.17) is 5.73 Å². The van der Waals surface area contributed by atoms with Gasteiger partial charge in [-0.2, -0.15) is 0 Å². The molecule has 4 rings (SSSR count). The molecule has 0 amide bonds. The van der Waals surface area contributed by atoms with Crippen LogP contribution in [0.2, 0.25) is 0 Å². The first-order valence-electron chi connectivity index (χ1n) is 9.01. The largest absolute Gasteiger partial charge is 0.398 e. The highest BCUT2D eigenvalue weighted by Crippen LogP contribution is 2.52. The standard InChI is InChI=1S/C25H21NS/c26-23-18-10-11-19-24(23)27-25(20-12-4-1-5-13-20,21-14-6-2-7-15-21)22-16-8-3-9-17-22/h1-19H,26H2. The quantitative estimate of drug-likeness (QED) is 0.252. The van der Waals surface area contributed by atoms with Gasteiger partial charge in [-0.1, -0.05) is 103 Å². The van der Waals surface area contributed by atoms with Crippen molar-refractivity contribution in [1.82, 2.24) is 0 Å². The van der Waals surface area contributed by atoms with E-state index < -0.39 is 0 Å². The number of benzene rings is 4. The monoisotopic (exact) mass is 367 g/mol. The van der Waals surface area contributed by atoms with E-state index in [0.717, 1.165) is 10.6 Å². The Labute approximate surface area is 164 Å². The Hall–Kier alpha value is -2.97. The second-order valence-electron chi connectivity index (χ2n) is 6.42. The molecule has 0 saturated heterocycles. The van der Waals surface area contributed by atoms with Crippen molar-refractivity contribution < 1.29 is 0 Å². The van der Waals surface area contributed by atoms with Crippen LogP contribution in [0.3, 0.4) is 0 Å². The van der Waals surface area contributed by atoms with Gasteiger partial charge in [0.05, 0.1) is 4.75 Å². The highest BCUT2D eigenvalue weighted by molar-refractivity contribution is 8.00. The van der Waals surface area contributed by atoms with Gasteiger partial charge >= 0.3 is 0 Å². The lowest BCUT2D eigenvalue weighted by Crippen LogP contribution is -2.25. The molecule has 0 aliphatic carbocycles. The van der Waals surface area contributed by atoms with Gasteiger partial charge in [-0.15, -0.1) is 11.8 Å². The van der Waals surface area contributed by atoms with Gasteiger partial charge in [0.15, 0.2) is 0 Å². The molecule has 27 heavy (non-hydrogen) atoms. The van der Waals surface area contributed by atoms with Crippen LogP contribution < -0.4 is 5.73 Å². The average Bonchev–Trinajstić information content (AvgIpc) is 2.75. The van der Waals surface area contributed by atoms with Gasteiger partial charge in [0.2, 0.25) is 0 Å². The molecule has 132 valence electrons. The van der Waals surface area contributed by atoms with E-state index in [1.165, 1.54) is 16.7 Å². The summed E-state index contributed by atoms with van der Waals surface area (Å²) in [5.41, 5.74) is 10.8. The summed E-state index contributed by atoms with van der Waals surface area (Å²) >= 11 is 1.80. The highest BCUT2D eigenvalue weighted by Gasteiger charge is 2.37. The number of hydrogen-bond acceptors (Lipinski definition) is 2. The maximum absolute atomic E-state index is 6.34. The van der Waals surface area contributed by atoms with E-state index >= 15 is 0 Å². The SMILES string of the molecule is Nc1ccccc1SC(c1ccccc1)(c1ccccc1)c1ccccc1. The van der Waals surface area contributed by atoms with E-state index in [1.54, 1.807) is 11.8 Å². The molecule has 0 spiro atoms. The summed E-state index contributed by atoms with van der Waals surface area (Å²) in [4.78, 5) is 1.08. The third-order valence-corrected chi connectivity index (χ3v) is 6.33. The molecule has 0 heterocycles. The zero-order chi connectivity index (χ0) is 18.5. The number of anilines is 1. The van der Waals surface area contributed by atoms with Crippen LogP contribution in [0.25, 0.3) is 0 Å². The molecule has 0 aliphatic heterocycles. The van der Waals surface area contributed by atoms with Crippen molar-refractivity contribution in [1.29, 1.82) is 0 Å². The summed E-state index contributed by atoms with van der Waals surface area (Å²) in [5.74, 6) is 0. The molecule has 4 aromatic carbocycles. The van der Waals surface area contributed by atoms with Crippen LogP contribution in [-0.2, 0) is 4.75 Å². The number of nitrogens with two attached hydrogens (primary N) is 1. The summed E-state index contributed by atoms with van der Waals surface area (Å²) in [7, 11) is 0. The molecular formula is C25H21NS. The number of para-hydroxylation sites is 1. The van der Waals surface area contributed by atoms with E-state index in [2.05, 4.69) is 97.1 Å². The Balaban J connectivity index is 2.02. The van der Waals surface area contributed by atoms with Crippen LogP contribution in [0.15, 0.2) is 120 Å². The number of rotatable bonds is 5. The summed E-state index contributed by atoms with van der Waals surface area (Å²) in [6.45, 7) is 0. The Morgan fingerprint density at radius 3 is 1.26 bits per heavy atom. The third-order valence-electron chi connectivity index (χ3n) is 4.72. The van der Waals surface area contributed by atoms with Crippen molar-refractivity contribution in [3.05, 3.63) is 132 Å². The molecule has 0 fully saturated rings. The normalized spacial score (nSPS) is 11.3. The van der Waals surface area contributed by atoms with Crippen LogP contribution in [0.4, 0.5) is 5.69 Å². The molecule has 0 unspecified atom stereocenters. The van der Waals surface area contributed by atoms with Gasteiger partial charge < -0.3 is 5.73 Å². The van der Waals surface area contributed by atoms with Crippen LogP contribution in [-0.4, -0.2) is 0 Å². The van der Waals surface area contributed by atoms with Crippen molar-refractivity contribution in [2.75, 3.05) is 5.73 Å². The molecule has 2 N–H and O–H groups in total. The summed E-state index contributed by atoms with van der Waals surface area (Å²) in [5, 5.41) is 0. The minimum absolute atomic E-state index is 0.390. The molecule has 0 saturated carbocycles. The zero-order valence-electron chi connectivity index (χ0n) is 15.0. The second-order valence-corrected chi connectivity index (χ2v) is 7.68. The molecule has 1 nitrogen and oxygen atoms in total. The van der Waals surface area contributed by atoms with E-state index in [-0.39, 0.29) is 4.75 Å². The van der Waals surface area contributed by atoms with Gasteiger partial charge in [-0.25, -0.2) is 0 Å². The molecule has 4 aromatic rings. The Kier molecular flexibility index (Phi) is 4.99. The first-order valence-corrected chi connectivity index (χ1v) is 9.82. The second kappa shape index (κ2) is 7.73. The Morgan fingerprint density at radius 1 is 0.481 bits per heavy atom. The van der Waals surface area contributed by atoms with Crippen LogP contribution in [0.5, 0.6) is 0 Å². The van der Waals surface area contributed by atoms with Gasteiger partial charge in [0.25, 0.3) is 0 Å². The van der Waals surface area contributed by atoms with Crippen molar-refractivity contribution in [3.63, 3.8) is 0 Å². The lowest BCUT2D eigenvalue weighted by Gasteiger charge is -2.35. The Morgan fingerprint density at radius 2 is 0.852 bits per heavy atom. The van der Waals surface area contributed by atoms with Gasteiger partial charge in [0.1, 0.15) is 0 Å². The number of nitrogen functional groups attached to an aromatic ring is 1. The number of thioether (sulfide) groups is 1. The molecule has 0 bridgehead atoms. The van der Waals surface area contributed by atoms with E-state index in [1.807, 2.05) is 18.2 Å². The van der Waals surface area contributed by atoms with Gasteiger partial charge in [-0.05, 0) is 28.8 Å². The van der Waals surface area contributed by atoms with Crippen LogP contribution in [0, 0.1) is 0 Å². The van der Waals surface area contributed by atoms with Crippen molar-refractivity contribution >= 4 is 17.4 Å². The van der Waals surface area contributed by atoms with Gasteiger partial charge in [0, 0.05) is 10.6 Å². The van der Waals surface area contributed by atoms with Crippen LogP contribution in [0.1, 0.15) is 16.7 Å². The fraction of sp³-hybridized carbons (Fsp3) is 0.0400. The molecule has 0 aromatic heterocycles. The fourth-order valence-electron chi connectivity index (χ4n) is 3.43. The molecule has 0 aliphatic rings.